The van der Waals surface area contributed by atoms with Gasteiger partial charge >= 0.3 is 0 Å². The van der Waals surface area contributed by atoms with Crippen molar-refractivity contribution < 1.29 is 9.53 Å². The lowest BCUT2D eigenvalue weighted by Gasteiger charge is -2.25. The number of amides is 1. The molecule has 1 unspecified atom stereocenters. The highest BCUT2D eigenvalue weighted by atomic mass is 32.2. The fourth-order valence-corrected chi connectivity index (χ4v) is 5.55. The molecule has 0 radical (unpaired) electrons. The molecule has 8 nitrogen and oxygen atoms in total. The number of hydrogen-bond donors (Lipinski definition) is 0. The van der Waals surface area contributed by atoms with Crippen LogP contribution in [-0.4, -0.2) is 55.8 Å². The summed E-state index contributed by atoms with van der Waals surface area (Å²) in [5, 5.41) is 9.97. The molecule has 0 spiro atoms. The Morgan fingerprint density at radius 1 is 1.29 bits per heavy atom. The van der Waals surface area contributed by atoms with Gasteiger partial charge in [-0.05, 0) is 42.4 Å². The number of hydrogen-bond acceptors (Lipinski definition) is 6. The summed E-state index contributed by atoms with van der Waals surface area (Å²) in [7, 11) is 3.43. The fourth-order valence-electron chi connectivity index (χ4n) is 4.59. The van der Waals surface area contributed by atoms with Crippen LogP contribution in [-0.2, 0) is 25.8 Å². The third kappa shape index (κ3) is 3.60. The second kappa shape index (κ2) is 8.03. The van der Waals surface area contributed by atoms with Gasteiger partial charge in [0.25, 0.3) is 11.5 Å². The van der Waals surface area contributed by atoms with E-state index in [0.29, 0.717) is 24.5 Å². The van der Waals surface area contributed by atoms with Gasteiger partial charge in [0, 0.05) is 37.4 Å². The lowest BCUT2D eigenvalue weighted by Crippen LogP contribution is -2.41. The van der Waals surface area contributed by atoms with E-state index in [4.69, 9.17) is 4.74 Å². The Hall–Kier alpha value is -2.81. The lowest BCUT2D eigenvalue weighted by molar-refractivity contribution is 0.0720. The molecular weight excluding hydrogens is 414 g/mol. The summed E-state index contributed by atoms with van der Waals surface area (Å²) >= 11 is 1.84. The zero-order valence-corrected chi connectivity index (χ0v) is 18.5. The number of benzene rings is 1. The van der Waals surface area contributed by atoms with E-state index in [0.717, 1.165) is 52.9 Å². The molecule has 2 aliphatic rings. The summed E-state index contributed by atoms with van der Waals surface area (Å²) in [6.07, 6.45) is 2.68. The fraction of sp³-hybridized carbons (Fsp3) is 0.455. The van der Waals surface area contributed by atoms with E-state index in [1.54, 1.807) is 22.5 Å². The van der Waals surface area contributed by atoms with Crippen molar-refractivity contribution in [1.82, 2.24) is 24.5 Å². The number of carbonyl (C=O) groups excluding carboxylic acids is 1. The van der Waals surface area contributed by atoms with Crippen molar-refractivity contribution in [3.05, 3.63) is 51.4 Å². The molecule has 1 aromatic carbocycles. The summed E-state index contributed by atoms with van der Waals surface area (Å²) in [6.45, 7) is 1.12. The van der Waals surface area contributed by atoms with Gasteiger partial charge < -0.3 is 9.64 Å². The van der Waals surface area contributed by atoms with Crippen LogP contribution in [0.15, 0.2) is 29.1 Å². The first-order valence-corrected chi connectivity index (χ1v) is 11.7. The van der Waals surface area contributed by atoms with Crippen LogP contribution in [0.5, 0.6) is 5.88 Å². The van der Waals surface area contributed by atoms with Crippen molar-refractivity contribution in [2.24, 2.45) is 7.05 Å². The maximum absolute atomic E-state index is 13.3. The number of nitrogens with zero attached hydrogens (tertiary/aromatic N) is 5. The summed E-state index contributed by atoms with van der Waals surface area (Å²) in [4.78, 5) is 27.8. The number of methoxy groups -OCH3 is 1. The van der Waals surface area contributed by atoms with Gasteiger partial charge in [-0.25, -0.2) is 9.36 Å². The van der Waals surface area contributed by atoms with E-state index in [9.17, 15) is 9.59 Å². The van der Waals surface area contributed by atoms with E-state index in [1.807, 2.05) is 41.9 Å². The van der Waals surface area contributed by atoms with Gasteiger partial charge in [0.2, 0.25) is 5.88 Å². The second-order valence-electron chi connectivity index (χ2n) is 8.10. The van der Waals surface area contributed by atoms with Gasteiger partial charge in [-0.1, -0.05) is 0 Å². The molecule has 0 aliphatic carbocycles. The molecule has 2 aromatic heterocycles. The highest BCUT2D eigenvalue weighted by molar-refractivity contribution is 7.98. The minimum atomic E-state index is -0.0810. The largest absolute Gasteiger partial charge is 0.481 e. The second-order valence-corrected chi connectivity index (χ2v) is 9.20. The minimum Gasteiger partial charge on any atom is -0.481 e. The van der Waals surface area contributed by atoms with Gasteiger partial charge in [0.15, 0.2) is 0 Å². The molecule has 1 saturated heterocycles. The maximum Gasteiger partial charge on any atom is 0.267 e. The SMILES string of the molecule is COc1c2ccc(C(=O)N3CCCC3Cn3nc4c(cc3=O)CSCC4)cc2nn1C. The quantitative estimate of drug-likeness (QED) is 0.620. The number of aryl methyl sites for hydroxylation is 2. The van der Waals surface area contributed by atoms with Crippen molar-refractivity contribution in [2.45, 2.75) is 37.6 Å². The predicted molar refractivity (Wildman–Crippen MR) is 120 cm³/mol. The zero-order chi connectivity index (χ0) is 21.5. The van der Waals surface area contributed by atoms with Crippen LogP contribution in [0.1, 0.15) is 34.5 Å². The van der Waals surface area contributed by atoms with Gasteiger partial charge in [-0.15, -0.1) is 0 Å². The van der Waals surface area contributed by atoms with Crippen molar-refractivity contribution in [3.8, 4) is 5.88 Å². The minimum absolute atomic E-state index is 0.0311. The topological polar surface area (TPSA) is 82.2 Å². The Morgan fingerprint density at radius 3 is 3.00 bits per heavy atom. The molecule has 5 rings (SSSR count). The van der Waals surface area contributed by atoms with E-state index < -0.39 is 0 Å². The van der Waals surface area contributed by atoms with Crippen molar-refractivity contribution in [1.29, 1.82) is 0 Å². The van der Waals surface area contributed by atoms with Crippen molar-refractivity contribution in [2.75, 3.05) is 19.4 Å². The van der Waals surface area contributed by atoms with Gasteiger partial charge in [0.1, 0.15) is 0 Å². The van der Waals surface area contributed by atoms with Crippen LogP contribution in [0.4, 0.5) is 0 Å². The monoisotopic (exact) mass is 439 g/mol. The van der Waals surface area contributed by atoms with Crippen LogP contribution < -0.4 is 10.3 Å². The lowest BCUT2D eigenvalue weighted by atomic mass is 10.1. The van der Waals surface area contributed by atoms with Crippen LogP contribution in [0.2, 0.25) is 0 Å². The summed E-state index contributed by atoms with van der Waals surface area (Å²) in [6, 6.07) is 7.20. The van der Waals surface area contributed by atoms with E-state index in [-0.39, 0.29) is 17.5 Å². The first-order valence-electron chi connectivity index (χ1n) is 10.5. The molecule has 0 bridgehead atoms. The molecule has 1 amide bonds. The van der Waals surface area contributed by atoms with Crippen molar-refractivity contribution >= 4 is 28.6 Å². The normalized spacial score (nSPS) is 18.4. The van der Waals surface area contributed by atoms with Gasteiger partial charge in [-0.3, -0.25) is 9.59 Å². The number of thioether (sulfide) groups is 1. The molecule has 3 aromatic rings. The van der Waals surface area contributed by atoms with Gasteiger partial charge in [0.05, 0.1) is 36.3 Å². The molecule has 0 saturated carbocycles. The highest BCUT2D eigenvalue weighted by Gasteiger charge is 2.31. The maximum atomic E-state index is 13.3. The van der Waals surface area contributed by atoms with Crippen LogP contribution >= 0.6 is 11.8 Å². The summed E-state index contributed by atoms with van der Waals surface area (Å²) in [5.41, 5.74) is 3.32. The molecule has 4 heterocycles. The van der Waals surface area contributed by atoms with Gasteiger partial charge in [-0.2, -0.15) is 22.0 Å². The predicted octanol–water partition coefficient (Wildman–Crippen LogP) is 2.23. The Labute approximate surface area is 184 Å². The van der Waals surface area contributed by atoms with E-state index in [1.165, 1.54) is 0 Å². The average Bonchev–Trinajstić information content (AvgIpc) is 3.36. The Morgan fingerprint density at radius 2 is 2.16 bits per heavy atom. The van der Waals surface area contributed by atoms with Crippen LogP contribution in [0.3, 0.4) is 0 Å². The number of carbonyl (C=O) groups is 1. The number of fused-ring (bicyclic) bond motifs is 2. The molecule has 1 fully saturated rings. The summed E-state index contributed by atoms with van der Waals surface area (Å²) in [5.74, 6) is 2.53. The molecule has 31 heavy (non-hydrogen) atoms. The summed E-state index contributed by atoms with van der Waals surface area (Å²) < 4.78 is 8.62. The average molecular weight is 440 g/mol. The van der Waals surface area contributed by atoms with E-state index >= 15 is 0 Å². The third-order valence-corrected chi connectivity index (χ3v) is 7.15. The molecule has 2 aliphatic heterocycles. The van der Waals surface area contributed by atoms with E-state index in [2.05, 4.69) is 10.2 Å². The van der Waals surface area contributed by atoms with Crippen molar-refractivity contribution in [3.63, 3.8) is 0 Å². The number of ether oxygens (including phenoxy) is 1. The Balaban J connectivity index is 1.40. The Bertz CT molecular complexity index is 1220. The molecular formula is C22H25N5O3S. The van der Waals surface area contributed by atoms with Crippen LogP contribution in [0, 0.1) is 0 Å². The number of likely N-dealkylation sites (tertiary alicyclic amines) is 1. The standard InChI is InChI=1S/C22H25N5O3S/c1-25-22(30-2)17-6-5-14(10-19(17)23-25)21(29)26-8-3-4-16(26)12-27-20(28)11-15-13-31-9-7-18(15)24-27/h5-6,10-11,16H,3-4,7-9,12-13H2,1-2H3. The highest BCUT2D eigenvalue weighted by Crippen LogP contribution is 2.28. The first kappa shape index (κ1) is 20.1. The van der Waals surface area contributed by atoms with Crippen LogP contribution in [0.25, 0.3) is 10.9 Å². The molecule has 1 atom stereocenters. The number of aromatic nitrogens is 4. The smallest absolute Gasteiger partial charge is 0.267 e. The first-order chi connectivity index (χ1) is 15.0. The Kier molecular flexibility index (Phi) is 5.21. The number of rotatable bonds is 4. The molecule has 0 N–H and O–H groups in total. The zero-order valence-electron chi connectivity index (χ0n) is 17.7. The molecule has 162 valence electrons. The molecule has 9 heteroatoms. The third-order valence-electron chi connectivity index (χ3n) is 6.15.